The van der Waals surface area contributed by atoms with Crippen molar-refractivity contribution in [1.82, 2.24) is 20.6 Å². The Morgan fingerprint density at radius 2 is 1.40 bits per heavy atom. The van der Waals surface area contributed by atoms with Gasteiger partial charge < -0.3 is 20.5 Å². The fourth-order valence-corrected chi connectivity index (χ4v) is 5.18. The monoisotopic (exact) mass is 680 g/mol. The first-order chi connectivity index (χ1) is 24.2. The highest BCUT2D eigenvalue weighted by molar-refractivity contribution is 5.97. The van der Waals surface area contributed by atoms with E-state index >= 15 is 0 Å². The number of carbonyl (C=O) groups excluding carboxylic acids is 2. The third-order valence-corrected chi connectivity index (χ3v) is 8.11. The third-order valence-electron chi connectivity index (χ3n) is 8.11. The molecule has 0 aliphatic rings. The van der Waals surface area contributed by atoms with E-state index in [-0.39, 0.29) is 25.3 Å². The summed E-state index contributed by atoms with van der Waals surface area (Å²) in [5.41, 5.74) is 5.06. The van der Waals surface area contributed by atoms with Crippen LogP contribution in [0.4, 0.5) is 0 Å². The zero-order valence-corrected chi connectivity index (χ0v) is 30.1. The first-order valence-corrected chi connectivity index (χ1v) is 17.8. The maximum absolute atomic E-state index is 13.1. The SMILES string of the molecule is CC.CCCCCCCOc1ccc(-c2cnc(-c3ccc(CC(NC(=O)c4ccc(C(C)C)cc4)C(=O)NCCC(=O)O)cc3)nc2)cc1. The quantitative estimate of drug-likeness (QED) is 0.0903. The molecule has 266 valence electrons. The molecular formula is C41H52N4O5. The Morgan fingerprint density at radius 1 is 0.780 bits per heavy atom. The molecule has 0 aliphatic carbocycles. The van der Waals surface area contributed by atoms with Gasteiger partial charge in [-0.15, -0.1) is 0 Å². The standard InChI is InChI=1S/C39H46N4O5.C2H6/c1-4-5-6-7-8-23-48-34-19-17-30(18-20-34)33-25-41-37(42-26-33)31-11-9-28(10-12-31)24-35(39(47)40-22-21-36(44)45)43-38(46)32-15-13-29(14-16-32)27(2)3;1-2/h9-20,25-27,35H,4-8,21-24H2,1-3H3,(H,40,47)(H,43,46)(H,44,45);1-2H3. The topological polar surface area (TPSA) is 131 Å². The van der Waals surface area contributed by atoms with Crippen LogP contribution in [0.5, 0.6) is 5.75 Å². The highest BCUT2D eigenvalue weighted by Gasteiger charge is 2.22. The lowest BCUT2D eigenvalue weighted by atomic mass is 10.0. The minimum atomic E-state index is -1.02. The number of carboxylic acid groups (broad SMARTS) is 1. The number of hydrogen-bond acceptors (Lipinski definition) is 6. The number of aromatic nitrogens is 2. The Kier molecular flexibility index (Phi) is 16.6. The van der Waals surface area contributed by atoms with Crippen LogP contribution in [0.15, 0.2) is 85.2 Å². The first kappa shape index (κ1) is 39.4. The molecule has 0 saturated heterocycles. The molecule has 0 fully saturated rings. The Bertz CT molecular complexity index is 1600. The number of carboxylic acids is 1. The molecule has 1 unspecified atom stereocenters. The molecule has 2 amide bonds. The first-order valence-electron chi connectivity index (χ1n) is 17.8. The number of rotatable bonds is 18. The van der Waals surface area contributed by atoms with Crippen LogP contribution in [0, 0.1) is 0 Å². The second-order valence-corrected chi connectivity index (χ2v) is 12.2. The van der Waals surface area contributed by atoms with Crippen molar-refractivity contribution in [1.29, 1.82) is 0 Å². The molecule has 0 bridgehead atoms. The molecule has 0 saturated carbocycles. The Balaban J connectivity index is 0.00000332. The molecule has 0 spiro atoms. The van der Waals surface area contributed by atoms with Gasteiger partial charge in [-0.2, -0.15) is 0 Å². The molecule has 3 aromatic carbocycles. The average Bonchev–Trinajstić information content (AvgIpc) is 3.14. The van der Waals surface area contributed by atoms with Gasteiger partial charge in [0.05, 0.1) is 13.0 Å². The van der Waals surface area contributed by atoms with Gasteiger partial charge in [-0.3, -0.25) is 14.4 Å². The van der Waals surface area contributed by atoms with Crippen LogP contribution in [0.2, 0.25) is 0 Å². The molecule has 9 nitrogen and oxygen atoms in total. The molecule has 4 aromatic rings. The lowest BCUT2D eigenvalue weighted by Crippen LogP contribution is -2.48. The van der Waals surface area contributed by atoms with Gasteiger partial charge in [-0.05, 0) is 53.3 Å². The van der Waals surface area contributed by atoms with Crippen molar-refractivity contribution in [2.24, 2.45) is 0 Å². The van der Waals surface area contributed by atoms with E-state index in [1.807, 2.05) is 74.5 Å². The summed E-state index contributed by atoms with van der Waals surface area (Å²) < 4.78 is 5.88. The van der Waals surface area contributed by atoms with E-state index in [9.17, 15) is 14.4 Å². The molecule has 1 aromatic heterocycles. The number of hydrogen-bond donors (Lipinski definition) is 3. The van der Waals surface area contributed by atoms with Crippen molar-refractivity contribution >= 4 is 17.8 Å². The summed E-state index contributed by atoms with van der Waals surface area (Å²) in [6.07, 6.45) is 9.60. The van der Waals surface area contributed by atoms with E-state index < -0.39 is 17.9 Å². The summed E-state index contributed by atoms with van der Waals surface area (Å²) in [4.78, 5) is 46.2. The van der Waals surface area contributed by atoms with Crippen LogP contribution in [0.25, 0.3) is 22.5 Å². The van der Waals surface area contributed by atoms with Crippen LogP contribution >= 0.6 is 0 Å². The van der Waals surface area contributed by atoms with Gasteiger partial charge in [0, 0.05) is 42.0 Å². The third kappa shape index (κ3) is 12.8. The second kappa shape index (κ2) is 21.1. The number of nitrogens with zero attached hydrogens (tertiary/aromatic N) is 2. The molecule has 50 heavy (non-hydrogen) atoms. The fourth-order valence-electron chi connectivity index (χ4n) is 5.18. The summed E-state index contributed by atoms with van der Waals surface area (Å²) >= 11 is 0. The lowest BCUT2D eigenvalue weighted by Gasteiger charge is -2.19. The van der Waals surface area contributed by atoms with E-state index in [1.54, 1.807) is 24.5 Å². The molecule has 0 aliphatic heterocycles. The van der Waals surface area contributed by atoms with Crippen molar-refractivity contribution in [3.8, 4) is 28.3 Å². The van der Waals surface area contributed by atoms with Gasteiger partial charge in [-0.25, -0.2) is 9.97 Å². The van der Waals surface area contributed by atoms with E-state index in [1.165, 1.54) is 25.7 Å². The molecular weight excluding hydrogens is 628 g/mol. The predicted molar refractivity (Wildman–Crippen MR) is 199 cm³/mol. The number of amides is 2. The highest BCUT2D eigenvalue weighted by Crippen LogP contribution is 2.24. The molecule has 3 N–H and O–H groups in total. The normalized spacial score (nSPS) is 11.2. The van der Waals surface area contributed by atoms with Gasteiger partial charge in [0.15, 0.2) is 5.82 Å². The Labute approximate surface area is 296 Å². The van der Waals surface area contributed by atoms with Crippen LogP contribution in [-0.2, 0) is 16.0 Å². The van der Waals surface area contributed by atoms with Gasteiger partial charge in [0.1, 0.15) is 11.8 Å². The summed E-state index contributed by atoms with van der Waals surface area (Å²) in [7, 11) is 0. The second-order valence-electron chi connectivity index (χ2n) is 12.2. The molecule has 1 heterocycles. The average molecular weight is 681 g/mol. The van der Waals surface area contributed by atoms with Crippen LogP contribution < -0.4 is 15.4 Å². The number of ether oxygens (including phenoxy) is 1. The molecule has 4 rings (SSSR count). The zero-order chi connectivity index (χ0) is 36.3. The van der Waals surface area contributed by atoms with Crippen molar-refractivity contribution in [3.63, 3.8) is 0 Å². The largest absolute Gasteiger partial charge is 0.494 e. The minimum Gasteiger partial charge on any atom is -0.494 e. The van der Waals surface area contributed by atoms with Gasteiger partial charge >= 0.3 is 5.97 Å². The molecule has 9 heteroatoms. The number of carbonyl (C=O) groups is 3. The highest BCUT2D eigenvalue weighted by atomic mass is 16.5. The lowest BCUT2D eigenvalue weighted by molar-refractivity contribution is -0.137. The number of nitrogens with one attached hydrogen (secondary N) is 2. The van der Waals surface area contributed by atoms with Crippen molar-refractivity contribution in [3.05, 3.63) is 102 Å². The van der Waals surface area contributed by atoms with Crippen LogP contribution in [-0.4, -0.2) is 52.1 Å². The van der Waals surface area contributed by atoms with Crippen LogP contribution in [0.1, 0.15) is 101 Å². The van der Waals surface area contributed by atoms with E-state index in [2.05, 4.69) is 41.4 Å². The van der Waals surface area contributed by atoms with E-state index in [4.69, 9.17) is 9.84 Å². The number of unbranched alkanes of at least 4 members (excludes halogenated alkanes) is 4. The van der Waals surface area contributed by atoms with E-state index in [0.717, 1.165) is 46.6 Å². The predicted octanol–water partition coefficient (Wildman–Crippen LogP) is 8.24. The smallest absolute Gasteiger partial charge is 0.305 e. The number of aliphatic carboxylic acids is 1. The van der Waals surface area contributed by atoms with Crippen molar-refractivity contribution in [2.45, 2.75) is 91.5 Å². The maximum Gasteiger partial charge on any atom is 0.305 e. The van der Waals surface area contributed by atoms with Crippen molar-refractivity contribution < 1.29 is 24.2 Å². The fraction of sp³-hybridized carbons (Fsp3) is 0.390. The zero-order valence-electron chi connectivity index (χ0n) is 30.1. The Hall–Kier alpha value is -5.05. The number of benzene rings is 3. The molecule has 0 radical (unpaired) electrons. The Morgan fingerprint density at radius 3 is 2.00 bits per heavy atom. The van der Waals surface area contributed by atoms with Crippen molar-refractivity contribution in [2.75, 3.05) is 13.2 Å². The van der Waals surface area contributed by atoms with Gasteiger partial charge in [0.2, 0.25) is 5.91 Å². The van der Waals surface area contributed by atoms with Gasteiger partial charge in [0.25, 0.3) is 5.91 Å². The molecule has 1 atom stereocenters. The summed E-state index contributed by atoms with van der Waals surface area (Å²) in [6, 6.07) is 21.8. The maximum atomic E-state index is 13.1. The van der Waals surface area contributed by atoms with E-state index in [0.29, 0.717) is 17.3 Å². The summed E-state index contributed by atoms with van der Waals surface area (Å²) in [5.74, 6) is -0.102. The summed E-state index contributed by atoms with van der Waals surface area (Å²) in [6.45, 7) is 11.1. The van der Waals surface area contributed by atoms with Crippen LogP contribution in [0.3, 0.4) is 0 Å². The van der Waals surface area contributed by atoms with Gasteiger partial charge in [-0.1, -0.05) is 109 Å². The minimum absolute atomic E-state index is 0.0347. The summed E-state index contributed by atoms with van der Waals surface area (Å²) in [5, 5.41) is 14.4.